The maximum absolute atomic E-state index is 12.8. The second kappa shape index (κ2) is 9.08. The average Bonchev–Trinajstić information content (AvgIpc) is 2.56. The number of allylic oxidation sites excluding steroid dienone is 1. The summed E-state index contributed by atoms with van der Waals surface area (Å²) in [6.45, 7) is 4.92. The lowest BCUT2D eigenvalue weighted by molar-refractivity contribution is 0.106. The summed E-state index contributed by atoms with van der Waals surface area (Å²) >= 11 is 0. The maximum Gasteiger partial charge on any atom is 0.123 e. The van der Waals surface area contributed by atoms with Gasteiger partial charge in [0.05, 0.1) is 0 Å². The molecule has 2 N–H and O–H groups in total. The highest BCUT2D eigenvalue weighted by atomic mass is 19.1. The Morgan fingerprint density at radius 3 is 2.65 bits per heavy atom. The molecule has 2 rings (SSSR count). The summed E-state index contributed by atoms with van der Waals surface area (Å²) in [7, 11) is 0. The summed E-state index contributed by atoms with van der Waals surface area (Å²) in [4.78, 5) is 0. The van der Waals surface area contributed by atoms with Gasteiger partial charge in [0.1, 0.15) is 24.3 Å². The molecule has 0 amide bonds. The molecule has 122 valence electrons. The van der Waals surface area contributed by atoms with Crippen molar-refractivity contribution in [2.24, 2.45) is 0 Å². The van der Waals surface area contributed by atoms with Gasteiger partial charge in [-0.15, -0.1) is 6.58 Å². The highest BCUT2D eigenvalue weighted by molar-refractivity contribution is 5.34. The van der Waals surface area contributed by atoms with Gasteiger partial charge in [-0.3, -0.25) is 0 Å². The predicted octanol–water partition coefficient (Wildman–Crippen LogP) is 3.08. The number of nitrogens with one attached hydrogen (secondary N) is 1. The molecule has 4 heteroatoms. The van der Waals surface area contributed by atoms with Crippen LogP contribution in [-0.4, -0.2) is 24.4 Å². The topological polar surface area (TPSA) is 41.5 Å². The van der Waals surface area contributed by atoms with Gasteiger partial charge in [-0.05, 0) is 35.7 Å². The molecule has 0 bridgehead atoms. The van der Waals surface area contributed by atoms with Gasteiger partial charge in [-0.1, -0.05) is 36.4 Å². The van der Waals surface area contributed by atoms with Crippen LogP contribution in [0.1, 0.15) is 11.1 Å². The van der Waals surface area contributed by atoms with E-state index in [4.69, 9.17) is 4.74 Å². The molecule has 1 atom stereocenters. The van der Waals surface area contributed by atoms with E-state index in [1.165, 1.54) is 12.1 Å². The lowest BCUT2D eigenvalue weighted by Gasteiger charge is -2.15. The molecule has 0 aromatic heterocycles. The molecule has 2 aromatic carbocycles. The number of benzene rings is 2. The van der Waals surface area contributed by atoms with Crippen molar-refractivity contribution in [1.29, 1.82) is 0 Å². The number of hydrogen-bond donors (Lipinski definition) is 2. The zero-order valence-electron chi connectivity index (χ0n) is 13.0. The van der Waals surface area contributed by atoms with E-state index in [0.717, 1.165) is 23.3 Å². The molecule has 0 aliphatic rings. The Bertz CT molecular complexity index is 613. The number of rotatable bonds is 9. The standard InChI is InChI=1S/C19H22FNO2/c1-2-5-16-6-3-4-7-19(16)23-14-18(22)13-21-12-15-8-10-17(20)11-9-15/h2-4,6-11,18,21-22H,1,5,12-14H2. The van der Waals surface area contributed by atoms with Crippen molar-refractivity contribution in [3.05, 3.63) is 78.1 Å². The van der Waals surface area contributed by atoms with Crippen LogP contribution in [0.2, 0.25) is 0 Å². The number of aliphatic hydroxyl groups is 1. The molecule has 3 nitrogen and oxygen atoms in total. The van der Waals surface area contributed by atoms with Crippen molar-refractivity contribution >= 4 is 0 Å². The van der Waals surface area contributed by atoms with Gasteiger partial charge in [0, 0.05) is 13.1 Å². The van der Waals surface area contributed by atoms with E-state index in [-0.39, 0.29) is 12.4 Å². The molecule has 0 fully saturated rings. The quantitative estimate of drug-likeness (QED) is 0.699. The summed E-state index contributed by atoms with van der Waals surface area (Å²) in [5.74, 6) is 0.519. The van der Waals surface area contributed by atoms with E-state index in [2.05, 4.69) is 11.9 Å². The van der Waals surface area contributed by atoms with Crippen molar-refractivity contribution in [3.63, 3.8) is 0 Å². The van der Waals surface area contributed by atoms with E-state index < -0.39 is 6.10 Å². The lowest BCUT2D eigenvalue weighted by Crippen LogP contribution is -2.31. The van der Waals surface area contributed by atoms with E-state index >= 15 is 0 Å². The van der Waals surface area contributed by atoms with Crippen molar-refractivity contribution in [2.75, 3.05) is 13.2 Å². The van der Waals surface area contributed by atoms with Gasteiger partial charge in [0.2, 0.25) is 0 Å². The van der Waals surface area contributed by atoms with Gasteiger partial charge in [0.25, 0.3) is 0 Å². The minimum atomic E-state index is -0.618. The molecule has 0 spiro atoms. The Labute approximate surface area is 136 Å². The van der Waals surface area contributed by atoms with E-state index in [9.17, 15) is 9.50 Å². The molecule has 23 heavy (non-hydrogen) atoms. The van der Waals surface area contributed by atoms with E-state index in [1.807, 2.05) is 30.3 Å². The Morgan fingerprint density at radius 1 is 1.17 bits per heavy atom. The largest absolute Gasteiger partial charge is 0.491 e. The van der Waals surface area contributed by atoms with Gasteiger partial charge in [-0.2, -0.15) is 0 Å². The lowest BCUT2D eigenvalue weighted by atomic mass is 10.1. The first kappa shape index (κ1) is 17.2. The molecule has 2 aromatic rings. The summed E-state index contributed by atoms with van der Waals surface area (Å²) in [6.07, 6.45) is 1.94. The summed E-state index contributed by atoms with van der Waals surface area (Å²) in [6, 6.07) is 14.0. The molecule has 0 saturated heterocycles. The Balaban J connectivity index is 1.73. The Kier molecular flexibility index (Phi) is 6.78. The number of aliphatic hydroxyl groups excluding tert-OH is 1. The minimum absolute atomic E-state index is 0.213. The zero-order chi connectivity index (χ0) is 16.5. The monoisotopic (exact) mass is 315 g/mol. The summed E-state index contributed by atoms with van der Waals surface area (Å²) in [5, 5.41) is 13.1. The van der Waals surface area contributed by atoms with Crippen LogP contribution in [0.15, 0.2) is 61.2 Å². The SMILES string of the molecule is C=CCc1ccccc1OCC(O)CNCc1ccc(F)cc1. The molecule has 0 aliphatic carbocycles. The van der Waals surface area contributed by atoms with Gasteiger partial charge >= 0.3 is 0 Å². The van der Waals surface area contributed by atoms with Crippen LogP contribution in [0, 0.1) is 5.82 Å². The third-order valence-corrected chi connectivity index (χ3v) is 3.39. The van der Waals surface area contributed by atoms with Crippen molar-refractivity contribution in [2.45, 2.75) is 19.1 Å². The van der Waals surface area contributed by atoms with Crippen molar-refractivity contribution in [1.82, 2.24) is 5.32 Å². The van der Waals surface area contributed by atoms with Gasteiger partial charge in [0.15, 0.2) is 0 Å². The van der Waals surface area contributed by atoms with Crippen LogP contribution in [0.4, 0.5) is 4.39 Å². The van der Waals surface area contributed by atoms with Crippen molar-refractivity contribution in [3.8, 4) is 5.75 Å². The highest BCUT2D eigenvalue weighted by Gasteiger charge is 2.07. The zero-order valence-corrected chi connectivity index (χ0v) is 13.0. The van der Waals surface area contributed by atoms with Crippen LogP contribution in [-0.2, 0) is 13.0 Å². The fraction of sp³-hybridized carbons (Fsp3) is 0.263. The predicted molar refractivity (Wildman–Crippen MR) is 90.0 cm³/mol. The second-order valence-electron chi connectivity index (χ2n) is 5.32. The van der Waals surface area contributed by atoms with Crippen LogP contribution in [0.5, 0.6) is 5.75 Å². The van der Waals surface area contributed by atoms with E-state index in [1.54, 1.807) is 12.1 Å². The Morgan fingerprint density at radius 2 is 1.91 bits per heavy atom. The van der Waals surface area contributed by atoms with Gasteiger partial charge < -0.3 is 15.2 Å². The molecule has 0 saturated carbocycles. The average molecular weight is 315 g/mol. The molecule has 0 radical (unpaired) electrons. The smallest absolute Gasteiger partial charge is 0.123 e. The minimum Gasteiger partial charge on any atom is -0.491 e. The molecule has 0 heterocycles. The third kappa shape index (κ3) is 5.85. The molecule has 0 aliphatic heterocycles. The van der Waals surface area contributed by atoms with Crippen LogP contribution in [0.3, 0.4) is 0 Å². The summed E-state index contributed by atoms with van der Waals surface area (Å²) < 4.78 is 18.5. The first-order valence-electron chi connectivity index (χ1n) is 7.64. The van der Waals surface area contributed by atoms with Crippen LogP contribution in [0.25, 0.3) is 0 Å². The van der Waals surface area contributed by atoms with Crippen LogP contribution >= 0.6 is 0 Å². The number of para-hydroxylation sites is 1. The molecule has 1 unspecified atom stereocenters. The highest BCUT2D eigenvalue weighted by Crippen LogP contribution is 2.18. The number of hydrogen-bond acceptors (Lipinski definition) is 3. The van der Waals surface area contributed by atoms with Crippen LogP contribution < -0.4 is 10.1 Å². The first-order chi connectivity index (χ1) is 11.2. The van der Waals surface area contributed by atoms with E-state index in [0.29, 0.717) is 13.1 Å². The van der Waals surface area contributed by atoms with Crippen molar-refractivity contribution < 1.29 is 14.2 Å². The summed E-state index contributed by atoms with van der Waals surface area (Å²) in [5.41, 5.74) is 2.02. The molecular weight excluding hydrogens is 293 g/mol. The first-order valence-corrected chi connectivity index (χ1v) is 7.64. The fourth-order valence-corrected chi connectivity index (χ4v) is 2.20. The molecular formula is C19H22FNO2. The number of ether oxygens (including phenoxy) is 1. The Hall–Kier alpha value is -2.17. The second-order valence-corrected chi connectivity index (χ2v) is 5.32. The maximum atomic E-state index is 12.8. The van der Waals surface area contributed by atoms with Gasteiger partial charge in [-0.25, -0.2) is 4.39 Å². The normalized spacial score (nSPS) is 11.9. The third-order valence-electron chi connectivity index (χ3n) is 3.39. The fourth-order valence-electron chi connectivity index (χ4n) is 2.20. The number of halogens is 1.